The van der Waals surface area contributed by atoms with Gasteiger partial charge in [0, 0.05) is 12.6 Å². The molecule has 29 heavy (non-hydrogen) atoms. The summed E-state index contributed by atoms with van der Waals surface area (Å²) in [5.74, 6) is 2.23. The average molecular weight is 423 g/mol. The first-order chi connectivity index (χ1) is 13.7. The number of unbranched alkanes of at least 4 members (excludes halogenated alkanes) is 1. The van der Waals surface area contributed by atoms with Crippen molar-refractivity contribution < 1.29 is 14.6 Å². The van der Waals surface area contributed by atoms with Crippen LogP contribution in [0.2, 0.25) is 0 Å². The lowest BCUT2D eigenvalue weighted by molar-refractivity contribution is 0.275. The Kier molecular flexibility index (Phi) is 11.9. The van der Waals surface area contributed by atoms with E-state index in [2.05, 4.69) is 34.3 Å². The maximum absolute atomic E-state index is 9.32. The number of aryl methyl sites for hydroxylation is 1. The van der Waals surface area contributed by atoms with Crippen LogP contribution in [0.3, 0.4) is 0 Å². The topological polar surface area (TPSA) is 103 Å². The Hall–Kier alpha value is -2.19. The number of aliphatic hydroxyl groups excluding tert-OH is 1. The predicted octanol–water partition coefficient (Wildman–Crippen LogP) is 3.54. The zero-order valence-electron chi connectivity index (χ0n) is 17.4. The third-order valence-electron chi connectivity index (χ3n) is 4.52. The molecule has 0 saturated carbocycles. The van der Waals surface area contributed by atoms with Gasteiger partial charge in [0.15, 0.2) is 11.6 Å². The van der Waals surface area contributed by atoms with Crippen molar-refractivity contribution in [2.75, 3.05) is 31.4 Å². The molecule has 0 aliphatic rings. The van der Waals surface area contributed by atoms with Crippen molar-refractivity contribution in [1.29, 1.82) is 0 Å². The molecule has 0 amide bonds. The number of nitrogens with zero attached hydrogens (tertiary/aromatic N) is 2. The van der Waals surface area contributed by atoms with Crippen LogP contribution in [0, 0.1) is 0 Å². The second-order valence-corrected chi connectivity index (χ2v) is 6.74. The van der Waals surface area contributed by atoms with Gasteiger partial charge >= 0.3 is 0 Å². The van der Waals surface area contributed by atoms with E-state index < -0.39 is 0 Å². The highest BCUT2D eigenvalue weighted by molar-refractivity contribution is 7.59. The number of aliphatic hydroxyl groups is 1. The molecule has 0 unspecified atom stereocenters. The molecule has 0 fully saturated rings. The monoisotopic (exact) mass is 422 g/mol. The van der Waals surface area contributed by atoms with Crippen molar-refractivity contribution in [3.8, 4) is 11.5 Å². The highest BCUT2D eigenvalue weighted by Gasteiger charge is 2.13. The van der Waals surface area contributed by atoms with E-state index in [1.54, 1.807) is 13.3 Å². The SMILES string of the molecule is CCCC[C@@H](CCO)Nc1nc(N)ncc1OCCCc1ccc(OC)cc1.S. The molecule has 2 rings (SSSR count). The number of nitrogen functional groups attached to an aromatic ring is 1. The highest BCUT2D eigenvalue weighted by atomic mass is 32.1. The van der Waals surface area contributed by atoms with E-state index in [0.29, 0.717) is 24.6 Å². The standard InChI is InChI=1S/C21H32N4O3.H2S/c1-3-4-7-17(12-13-26)24-20-19(15-23-21(22)25-20)28-14-5-6-16-8-10-18(27-2)11-9-16;/h8-11,15,17,26H,3-7,12-14H2,1-2H3,(H3,22,23,24,25);1H2/t17-;/m0./s1. The minimum atomic E-state index is 0. The molecule has 7 nitrogen and oxygen atoms in total. The molecule has 0 bridgehead atoms. The lowest BCUT2D eigenvalue weighted by atomic mass is 10.1. The van der Waals surface area contributed by atoms with Gasteiger partial charge in [0.1, 0.15) is 5.75 Å². The zero-order valence-corrected chi connectivity index (χ0v) is 18.4. The molecular formula is C21H34N4O3S. The van der Waals surface area contributed by atoms with Gasteiger partial charge in [0.2, 0.25) is 5.95 Å². The van der Waals surface area contributed by atoms with Gasteiger partial charge < -0.3 is 25.6 Å². The summed E-state index contributed by atoms with van der Waals surface area (Å²) >= 11 is 0. The summed E-state index contributed by atoms with van der Waals surface area (Å²) in [6.07, 6.45) is 7.17. The molecule has 0 saturated heterocycles. The van der Waals surface area contributed by atoms with Crippen LogP contribution < -0.4 is 20.5 Å². The highest BCUT2D eigenvalue weighted by Crippen LogP contribution is 2.24. The number of rotatable bonds is 13. The lowest BCUT2D eigenvalue weighted by Crippen LogP contribution is -2.22. The Morgan fingerprint density at radius 1 is 1.17 bits per heavy atom. The molecule has 0 aliphatic carbocycles. The summed E-state index contributed by atoms with van der Waals surface area (Å²) in [6, 6.07) is 8.17. The molecule has 8 heteroatoms. The summed E-state index contributed by atoms with van der Waals surface area (Å²) in [6.45, 7) is 2.82. The van der Waals surface area contributed by atoms with Crippen LogP contribution >= 0.6 is 13.5 Å². The Morgan fingerprint density at radius 3 is 2.59 bits per heavy atom. The fourth-order valence-corrected chi connectivity index (χ4v) is 2.93. The number of anilines is 2. The van der Waals surface area contributed by atoms with Crippen molar-refractivity contribution in [1.82, 2.24) is 9.97 Å². The van der Waals surface area contributed by atoms with Gasteiger partial charge in [-0.15, -0.1) is 0 Å². The zero-order chi connectivity index (χ0) is 20.2. The first-order valence-corrected chi connectivity index (χ1v) is 9.91. The van der Waals surface area contributed by atoms with Crippen LogP contribution in [-0.2, 0) is 6.42 Å². The van der Waals surface area contributed by atoms with Gasteiger partial charge in [0.05, 0.1) is 19.9 Å². The molecule has 0 spiro atoms. The van der Waals surface area contributed by atoms with Crippen molar-refractivity contribution in [2.45, 2.75) is 51.5 Å². The molecule has 4 N–H and O–H groups in total. The van der Waals surface area contributed by atoms with E-state index in [0.717, 1.165) is 37.9 Å². The van der Waals surface area contributed by atoms with Gasteiger partial charge in [-0.25, -0.2) is 4.98 Å². The van der Waals surface area contributed by atoms with E-state index >= 15 is 0 Å². The minimum Gasteiger partial charge on any atom is -0.497 e. The number of nitrogens with one attached hydrogen (secondary N) is 1. The van der Waals surface area contributed by atoms with Crippen molar-refractivity contribution >= 4 is 25.3 Å². The Bertz CT molecular complexity index is 701. The quantitative estimate of drug-likeness (QED) is 0.424. The number of hydrogen-bond donors (Lipinski definition) is 3. The number of nitrogens with two attached hydrogens (primary N) is 1. The Morgan fingerprint density at radius 2 is 1.93 bits per heavy atom. The smallest absolute Gasteiger partial charge is 0.222 e. The van der Waals surface area contributed by atoms with Gasteiger partial charge in [-0.1, -0.05) is 31.9 Å². The van der Waals surface area contributed by atoms with E-state index in [-0.39, 0.29) is 32.1 Å². The van der Waals surface area contributed by atoms with Crippen LogP contribution in [0.5, 0.6) is 11.5 Å². The first kappa shape index (κ1) is 24.8. The summed E-state index contributed by atoms with van der Waals surface area (Å²) < 4.78 is 11.1. The fourth-order valence-electron chi connectivity index (χ4n) is 2.93. The maximum atomic E-state index is 9.32. The molecule has 0 aliphatic heterocycles. The molecular weight excluding hydrogens is 388 g/mol. The predicted molar refractivity (Wildman–Crippen MR) is 122 cm³/mol. The van der Waals surface area contributed by atoms with E-state index in [4.69, 9.17) is 15.2 Å². The number of aromatic nitrogens is 2. The van der Waals surface area contributed by atoms with Crippen molar-refractivity contribution in [3.63, 3.8) is 0 Å². The van der Waals surface area contributed by atoms with Crippen LogP contribution in [0.15, 0.2) is 30.5 Å². The normalized spacial score (nSPS) is 11.4. The lowest BCUT2D eigenvalue weighted by Gasteiger charge is -2.20. The summed E-state index contributed by atoms with van der Waals surface area (Å²) in [7, 11) is 1.66. The summed E-state index contributed by atoms with van der Waals surface area (Å²) in [5.41, 5.74) is 6.99. The Balaban J connectivity index is 0.00000420. The molecule has 1 aromatic carbocycles. The minimum absolute atomic E-state index is 0. The second kappa shape index (κ2) is 13.9. The summed E-state index contributed by atoms with van der Waals surface area (Å²) in [4.78, 5) is 8.34. The van der Waals surface area contributed by atoms with Crippen molar-refractivity contribution in [3.05, 3.63) is 36.0 Å². The molecule has 162 valence electrons. The molecule has 2 aromatic rings. The fraction of sp³-hybridized carbons (Fsp3) is 0.524. The van der Waals surface area contributed by atoms with Crippen LogP contribution in [0.1, 0.15) is 44.6 Å². The molecule has 1 aromatic heterocycles. The Labute approximate surface area is 180 Å². The largest absolute Gasteiger partial charge is 0.497 e. The third kappa shape index (κ3) is 8.79. The molecule has 1 heterocycles. The number of hydrogen-bond acceptors (Lipinski definition) is 7. The van der Waals surface area contributed by atoms with Gasteiger partial charge in [-0.2, -0.15) is 18.5 Å². The second-order valence-electron chi connectivity index (χ2n) is 6.74. The summed E-state index contributed by atoms with van der Waals surface area (Å²) in [5, 5.41) is 12.7. The molecule has 1 atom stereocenters. The van der Waals surface area contributed by atoms with Gasteiger partial charge in [-0.05, 0) is 43.4 Å². The third-order valence-corrected chi connectivity index (χ3v) is 4.52. The van der Waals surface area contributed by atoms with Crippen LogP contribution in [0.25, 0.3) is 0 Å². The average Bonchev–Trinajstić information content (AvgIpc) is 2.71. The van der Waals surface area contributed by atoms with Crippen molar-refractivity contribution in [2.24, 2.45) is 0 Å². The van der Waals surface area contributed by atoms with Gasteiger partial charge in [-0.3, -0.25) is 0 Å². The van der Waals surface area contributed by atoms with E-state index in [1.807, 2.05) is 12.1 Å². The van der Waals surface area contributed by atoms with Crippen LogP contribution in [-0.4, -0.2) is 41.4 Å². The number of benzene rings is 1. The number of methoxy groups -OCH3 is 1. The van der Waals surface area contributed by atoms with Crippen LogP contribution in [0.4, 0.5) is 11.8 Å². The van der Waals surface area contributed by atoms with E-state index in [9.17, 15) is 5.11 Å². The van der Waals surface area contributed by atoms with Gasteiger partial charge in [0.25, 0.3) is 0 Å². The van der Waals surface area contributed by atoms with E-state index in [1.165, 1.54) is 5.56 Å². The first-order valence-electron chi connectivity index (χ1n) is 9.91. The maximum Gasteiger partial charge on any atom is 0.222 e. The molecule has 0 radical (unpaired) electrons. The number of ether oxygens (including phenoxy) is 2.